The summed E-state index contributed by atoms with van der Waals surface area (Å²) >= 11 is 5.95. The first kappa shape index (κ1) is 15.5. The molecule has 1 saturated carbocycles. The van der Waals surface area contributed by atoms with Gasteiger partial charge in [0.25, 0.3) is 0 Å². The molecular weight excluding hydrogens is 270 g/mol. The molecular formula is C17H24ClNO. The van der Waals surface area contributed by atoms with E-state index < -0.39 is 0 Å². The first-order valence-corrected chi connectivity index (χ1v) is 7.90. The van der Waals surface area contributed by atoms with Crippen LogP contribution in [-0.2, 0) is 4.79 Å². The molecule has 0 saturated heterocycles. The minimum absolute atomic E-state index is 0.0115. The molecule has 2 rings (SSSR count). The van der Waals surface area contributed by atoms with Crippen molar-refractivity contribution in [2.75, 3.05) is 0 Å². The van der Waals surface area contributed by atoms with Gasteiger partial charge in [-0.3, -0.25) is 4.79 Å². The van der Waals surface area contributed by atoms with Crippen molar-refractivity contribution in [3.8, 4) is 0 Å². The summed E-state index contributed by atoms with van der Waals surface area (Å²) in [5.41, 5.74) is 7.08. The SMILES string of the molecule is CC(C)C(=O)[C@@H](CC1CC[C@@H](N)C1)c1ccc(Cl)cc1. The summed E-state index contributed by atoms with van der Waals surface area (Å²) in [4.78, 5) is 12.5. The standard InChI is InChI=1S/C17H24ClNO/c1-11(2)17(20)16(10-12-3-8-15(19)9-12)13-4-6-14(18)7-5-13/h4-7,11-12,15-16H,3,8-10,19H2,1-2H3/t12?,15-,16+/m1/s1. The van der Waals surface area contributed by atoms with Crippen LogP contribution in [-0.4, -0.2) is 11.8 Å². The molecule has 0 aliphatic heterocycles. The maximum absolute atomic E-state index is 12.5. The van der Waals surface area contributed by atoms with Gasteiger partial charge in [-0.05, 0) is 49.3 Å². The Morgan fingerprint density at radius 3 is 2.45 bits per heavy atom. The molecule has 2 N–H and O–H groups in total. The zero-order chi connectivity index (χ0) is 14.7. The molecule has 1 unspecified atom stereocenters. The Morgan fingerprint density at radius 2 is 1.95 bits per heavy atom. The van der Waals surface area contributed by atoms with E-state index in [1.54, 1.807) is 0 Å². The van der Waals surface area contributed by atoms with Crippen molar-refractivity contribution in [1.82, 2.24) is 0 Å². The molecule has 0 spiro atoms. The van der Waals surface area contributed by atoms with Crippen molar-refractivity contribution in [1.29, 1.82) is 0 Å². The van der Waals surface area contributed by atoms with Gasteiger partial charge in [-0.1, -0.05) is 37.6 Å². The molecule has 3 atom stereocenters. The van der Waals surface area contributed by atoms with Gasteiger partial charge in [0.05, 0.1) is 0 Å². The first-order chi connectivity index (χ1) is 9.47. The maximum atomic E-state index is 12.5. The first-order valence-electron chi connectivity index (χ1n) is 7.52. The number of rotatable bonds is 5. The van der Waals surface area contributed by atoms with Gasteiger partial charge in [0, 0.05) is 22.9 Å². The number of hydrogen-bond acceptors (Lipinski definition) is 2. The predicted molar refractivity (Wildman–Crippen MR) is 84.0 cm³/mol. The van der Waals surface area contributed by atoms with Crippen LogP contribution in [0.2, 0.25) is 5.02 Å². The number of carbonyl (C=O) groups excluding carboxylic acids is 1. The van der Waals surface area contributed by atoms with Crippen molar-refractivity contribution in [3.05, 3.63) is 34.9 Å². The average Bonchev–Trinajstić information content (AvgIpc) is 2.82. The maximum Gasteiger partial charge on any atom is 0.142 e. The molecule has 2 nitrogen and oxygen atoms in total. The third-order valence-corrected chi connectivity index (χ3v) is 4.59. The summed E-state index contributed by atoms with van der Waals surface area (Å²) < 4.78 is 0. The van der Waals surface area contributed by atoms with Crippen LogP contribution >= 0.6 is 11.6 Å². The Kier molecular flexibility index (Phi) is 5.22. The lowest BCUT2D eigenvalue weighted by Crippen LogP contribution is -2.21. The molecule has 20 heavy (non-hydrogen) atoms. The van der Waals surface area contributed by atoms with Crippen molar-refractivity contribution in [3.63, 3.8) is 0 Å². The van der Waals surface area contributed by atoms with E-state index in [0.717, 1.165) is 31.2 Å². The fourth-order valence-corrected chi connectivity index (χ4v) is 3.30. The quantitative estimate of drug-likeness (QED) is 0.885. The molecule has 3 heteroatoms. The van der Waals surface area contributed by atoms with Crippen LogP contribution in [0, 0.1) is 11.8 Å². The molecule has 1 aliphatic carbocycles. The van der Waals surface area contributed by atoms with E-state index in [1.165, 1.54) is 0 Å². The molecule has 1 fully saturated rings. The van der Waals surface area contributed by atoms with Crippen LogP contribution in [0.4, 0.5) is 0 Å². The normalized spacial score (nSPS) is 24.1. The second kappa shape index (κ2) is 6.73. The number of carbonyl (C=O) groups is 1. The van der Waals surface area contributed by atoms with Gasteiger partial charge in [-0.25, -0.2) is 0 Å². The van der Waals surface area contributed by atoms with Crippen LogP contribution in [0.25, 0.3) is 0 Å². The highest BCUT2D eigenvalue weighted by Gasteiger charge is 2.30. The smallest absolute Gasteiger partial charge is 0.142 e. The summed E-state index contributed by atoms with van der Waals surface area (Å²) in [6.07, 6.45) is 4.21. The summed E-state index contributed by atoms with van der Waals surface area (Å²) in [7, 11) is 0. The van der Waals surface area contributed by atoms with Gasteiger partial charge in [0.1, 0.15) is 5.78 Å². The third kappa shape index (κ3) is 3.83. The Morgan fingerprint density at radius 1 is 1.30 bits per heavy atom. The highest BCUT2D eigenvalue weighted by molar-refractivity contribution is 6.30. The zero-order valence-corrected chi connectivity index (χ0v) is 13.1. The average molecular weight is 294 g/mol. The number of ketones is 1. The zero-order valence-electron chi connectivity index (χ0n) is 12.3. The molecule has 1 aromatic carbocycles. The molecule has 1 aliphatic rings. The van der Waals surface area contributed by atoms with Crippen LogP contribution in [0.3, 0.4) is 0 Å². The molecule has 1 aromatic rings. The van der Waals surface area contributed by atoms with E-state index in [-0.39, 0.29) is 11.8 Å². The summed E-state index contributed by atoms with van der Waals surface area (Å²) in [6, 6.07) is 8.04. The van der Waals surface area contributed by atoms with Gasteiger partial charge >= 0.3 is 0 Å². The fraction of sp³-hybridized carbons (Fsp3) is 0.588. The third-order valence-electron chi connectivity index (χ3n) is 4.34. The van der Waals surface area contributed by atoms with E-state index in [4.69, 9.17) is 17.3 Å². The van der Waals surface area contributed by atoms with Gasteiger partial charge < -0.3 is 5.73 Å². The van der Waals surface area contributed by atoms with E-state index >= 15 is 0 Å². The summed E-state index contributed by atoms with van der Waals surface area (Å²) in [6.45, 7) is 3.96. The number of Topliss-reactive ketones (excluding diaryl/α,β-unsaturated/α-hetero) is 1. The molecule has 0 bridgehead atoms. The van der Waals surface area contributed by atoms with Crippen LogP contribution < -0.4 is 5.73 Å². The van der Waals surface area contributed by atoms with E-state index in [0.29, 0.717) is 22.8 Å². The van der Waals surface area contributed by atoms with Gasteiger partial charge in [0.15, 0.2) is 0 Å². The van der Waals surface area contributed by atoms with Crippen LogP contribution in [0.1, 0.15) is 51.0 Å². The van der Waals surface area contributed by atoms with E-state index in [2.05, 4.69) is 0 Å². The molecule has 0 radical (unpaired) electrons. The minimum atomic E-state index is -0.0115. The monoisotopic (exact) mass is 293 g/mol. The van der Waals surface area contributed by atoms with Gasteiger partial charge in [0.2, 0.25) is 0 Å². The Bertz CT molecular complexity index is 455. The predicted octanol–water partition coefficient (Wildman–Crippen LogP) is 4.17. The lowest BCUT2D eigenvalue weighted by molar-refractivity contribution is -0.123. The minimum Gasteiger partial charge on any atom is -0.328 e. The lowest BCUT2D eigenvalue weighted by atomic mass is 9.81. The van der Waals surface area contributed by atoms with Gasteiger partial charge in [-0.15, -0.1) is 0 Å². The number of nitrogens with two attached hydrogens (primary N) is 1. The lowest BCUT2D eigenvalue weighted by Gasteiger charge is -2.22. The van der Waals surface area contributed by atoms with Crippen molar-refractivity contribution < 1.29 is 4.79 Å². The molecule has 110 valence electrons. The Balaban J connectivity index is 2.16. The van der Waals surface area contributed by atoms with E-state index in [1.807, 2.05) is 38.1 Å². The van der Waals surface area contributed by atoms with Crippen molar-refractivity contribution in [2.45, 2.75) is 51.5 Å². The van der Waals surface area contributed by atoms with Crippen LogP contribution in [0.15, 0.2) is 24.3 Å². The summed E-state index contributed by atoms with van der Waals surface area (Å²) in [5.74, 6) is 0.953. The number of benzene rings is 1. The second-order valence-electron chi connectivity index (χ2n) is 6.34. The number of halogens is 1. The van der Waals surface area contributed by atoms with E-state index in [9.17, 15) is 4.79 Å². The Labute approximate surface area is 126 Å². The van der Waals surface area contributed by atoms with Crippen molar-refractivity contribution in [2.24, 2.45) is 17.6 Å². The Hall–Kier alpha value is -0.860. The molecule has 0 aromatic heterocycles. The van der Waals surface area contributed by atoms with Gasteiger partial charge in [-0.2, -0.15) is 0 Å². The fourth-order valence-electron chi connectivity index (χ4n) is 3.18. The van der Waals surface area contributed by atoms with Crippen LogP contribution in [0.5, 0.6) is 0 Å². The largest absolute Gasteiger partial charge is 0.328 e. The topological polar surface area (TPSA) is 43.1 Å². The highest BCUT2D eigenvalue weighted by atomic mass is 35.5. The van der Waals surface area contributed by atoms with Crippen molar-refractivity contribution >= 4 is 17.4 Å². The molecule has 0 heterocycles. The summed E-state index contributed by atoms with van der Waals surface area (Å²) in [5, 5.41) is 0.715. The number of hydrogen-bond donors (Lipinski definition) is 1. The molecule has 0 amide bonds. The second-order valence-corrected chi connectivity index (χ2v) is 6.77. The highest BCUT2D eigenvalue weighted by Crippen LogP contribution is 2.35.